The molecule has 3 N–H and O–H groups in total. The Balaban J connectivity index is 1.89. The number of aromatic hydroxyl groups is 1. The Hall–Kier alpha value is -2.92. The maximum Gasteiger partial charge on any atom is 0.416 e. The van der Waals surface area contributed by atoms with Crippen molar-refractivity contribution in [3.05, 3.63) is 47.4 Å². The molecule has 0 bridgehead atoms. The number of ether oxygens (including phenoxy) is 1. The molecule has 3 rings (SSSR count). The molecule has 0 spiro atoms. The van der Waals surface area contributed by atoms with Crippen LogP contribution in [0.5, 0.6) is 11.5 Å². The summed E-state index contributed by atoms with van der Waals surface area (Å²) in [5.74, 6) is -1.18. The predicted octanol–water partition coefficient (Wildman–Crippen LogP) is 1.88. The maximum atomic E-state index is 14.7. The summed E-state index contributed by atoms with van der Waals surface area (Å²) in [6.45, 7) is 1.57. The van der Waals surface area contributed by atoms with Crippen LogP contribution in [0.2, 0.25) is 0 Å². The molecule has 1 aliphatic heterocycles. The Bertz CT molecular complexity index is 998. The molecule has 9 nitrogen and oxygen atoms in total. The van der Waals surface area contributed by atoms with Gasteiger partial charge >= 0.3 is 6.09 Å². The van der Waals surface area contributed by atoms with Gasteiger partial charge in [-0.2, -0.15) is 8.42 Å². The zero-order valence-corrected chi connectivity index (χ0v) is 15.2. The number of amides is 1. The van der Waals surface area contributed by atoms with Crippen molar-refractivity contribution in [3.63, 3.8) is 0 Å². The van der Waals surface area contributed by atoms with Gasteiger partial charge in [0.1, 0.15) is 11.5 Å². The van der Waals surface area contributed by atoms with Crippen molar-refractivity contribution < 1.29 is 27.4 Å². The van der Waals surface area contributed by atoms with Crippen LogP contribution in [0, 0.1) is 5.82 Å². The molecule has 144 valence electrons. The standard InChI is InChI=1S/C16H17FN4O5S/c1-9-12-4-3-11(22)7-13(12)26-16(23)21(9)8-10-5-6-19-15(14(10)17)20-27(24,25)18-2/h3-7,9,18,22H,8H2,1-2H3,(H,19,20). The number of nitrogens with one attached hydrogen (secondary N) is 2. The molecule has 0 saturated carbocycles. The first-order valence-electron chi connectivity index (χ1n) is 7.88. The van der Waals surface area contributed by atoms with Gasteiger partial charge in [-0.25, -0.2) is 18.9 Å². The van der Waals surface area contributed by atoms with Gasteiger partial charge in [-0.15, -0.1) is 0 Å². The fraction of sp³-hybridized carbons (Fsp3) is 0.250. The largest absolute Gasteiger partial charge is 0.508 e. The Morgan fingerprint density at radius 2 is 2.11 bits per heavy atom. The van der Waals surface area contributed by atoms with Crippen molar-refractivity contribution in [2.45, 2.75) is 19.5 Å². The molecule has 1 aliphatic rings. The van der Waals surface area contributed by atoms with E-state index in [9.17, 15) is 22.7 Å². The van der Waals surface area contributed by atoms with Crippen molar-refractivity contribution in [2.75, 3.05) is 11.8 Å². The van der Waals surface area contributed by atoms with E-state index in [4.69, 9.17) is 4.74 Å². The molecule has 1 amide bonds. The van der Waals surface area contributed by atoms with Gasteiger partial charge in [0.05, 0.1) is 12.6 Å². The van der Waals surface area contributed by atoms with Gasteiger partial charge in [-0.05, 0) is 25.1 Å². The van der Waals surface area contributed by atoms with Crippen LogP contribution >= 0.6 is 0 Å². The van der Waals surface area contributed by atoms with Crippen molar-refractivity contribution >= 4 is 22.1 Å². The van der Waals surface area contributed by atoms with Crippen molar-refractivity contribution in [2.24, 2.45) is 0 Å². The van der Waals surface area contributed by atoms with Gasteiger partial charge in [0.15, 0.2) is 11.6 Å². The normalized spacial score (nSPS) is 16.6. The smallest absolute Gasteiger partial charge is 0.416 e. The SMILES string of the molecule is CNS(=O)(=O)Nc1nccc(CN2C(=O)Oc3cc(O)ccc3C2C)c1F. The van der Waals surface area contributed by atoms with Crippen LogP contribution in [-0.2, 0) is 16.8 Å². The first-order chi connectivity index (χ1) is 12.7. The predicted molar refractivity (Wildman–Crippen MR) is 93.9 cm³/mol. The highest BCUT2D eigenvalue weighted by Gasteiger charge is 2.32. The highest BCUT2D eigenvalue weighted by Crippen LogP contribution is 2.37. The number of hydrogen-bond donors (Lipinski definition) is 3. The fourth-order valence-electron chi connectivity index (χ4n) is 2.68. The molecule has 1 aromatic carbocycles. The lowest BCUT2D eigenvalue weighted by Crippen LogP contribution is -2.39. The van der Waals surface area contributed by atoms with E-state index in [1.807, 2.05) is 9.44 Å². The minimum atomic E-state index is -3.94. The summed E-state index contributed by atoms with van der Waals surface area (Å²) in [5, 5.41) is 9.52. The van der Waals surface area contributed by atoms with E-state index in [2.05, 4.69) is 4.98 Å². The van der Waals surface area contributed by atoms with Crippen LogP contribution in [0.15, 0.2) is 30.5 Å². The Kier molecular flexibility index (Phi) is 4.89. The third-order valence-electron chi connectivity index (χ3n) is 4.16. The van der Waals surface area contributed by atoms with Gasteiger partial charge in [0.2, 0.25) is 0 Å². The number of hydrogen-bond acceptors (Lipinski definition) is 6. The number of halogens is 1. The highest BCUT2D eigenvalue weighted by molar-refractivity contribution is 7.90. The quantitative estimate of drug-likeness (QED) is 0.710. The molecular formula is C16H17FN4O5S. The lowest BCUT2D eigenvalue weighted by molar-refractivity contribution is 0.116. The zero-order chi connectivity index (χ0) is 19.8. The van der Waals surface area contributed by atoms with Gasteiger partial charge in [-0.1, -0.05) is 0 Å². The Labute approximate surface area is 155 Å². The molecule has 1 atom stereocenters. The lowest BCUT2D eigenvalue weighted by atomic mass is 10.0. The summed E-state index contributed by atoms with van der Waals surface area (Å²) in [7, 11) is -2.77. The summed E-state index contributed by atoms with van der Waals surface area (Å²) in [4.78, 5) is 17.3. The number of nitrogens with zero attached hydrogens (tertiary/aromatic N) is 2. The average Bonchev–Trinajstić information content (AvgIpc) is 2.61. The minimum absolute atomic E-state index is 0.0381. The number of phenols is 1. The molecule has 0 aliphatic carbocycles. The molecule has 2 aromatic rings. The Morgan fingerprint density at radius 1 is 1.37 bits per heavy atom. The molecule has 0 radical (unpaired) electrons. The van der Waals surface area contributed by atoms with Crippen molar-refractivity contribution in [1.82, 2.24) is 14.6 Å². The van der Waals surface area contributed by atoms with Crippen molar-refractivity contribution in [1.29, 1.82) is 0 Å². The first kappa shape index (κ1) is 18.9. The molecule has 2 heterocycles. The summed E-state index contributed by atoms with van der Waals surface area (Å²) in [6, 6.07) is 5.30. The number of phenolic OH excluding ortho intramolecular Hbond substituents is 1. The highest BCUT2D eigenvalue weighted by atomic mass is 32.2. The van der Waals surface area contributed by atoms with E-state index in [0.717, 1.165) is 0 Å². The second-order valence-electron chi connectivity index (χ2n) is 5.84. The Morgan fingerprint density at radius 3 is 2.81 bits per heavy atom. The summed E-state index contributed by atoms with van der Waals surface area (Å²) < 4.78 is 47.0. The lowest BCUT2D eigenvalue weighted by Gasteiger charge is -2.34. The molecule has 0 fully saturated rings. The maximum absolute atomic E-state index is 14.7. The van der Waals surface area contributed by atoms with Crippen LogP contribution < -0.4 is 14.2 Å². The van der Waals surface area contributed by atoms with E-state index in [-0.39, 0.29) is 23.6 Å². The number of carbonyl (C=O) groups is 1. The topological polar surface area (TPSA) is 121 Å². The third kappa shape index (κ3) is 3.78. The van der Waals surface area contributed by atoms with Crippen LogP contribution in [0.3, 0.4) is 0 Å². The van der Waals surface area contributed by atoms with Gasteiger partial charge in [0.25, 0.3) is 10.2 Å². The molecule has 27 heavy (non-hydrogen) atoms. The summed E-state index contributed by atoms with van der Waals surface area (Å²) in [5.41, 5.74) is 0.711. The number of aromatic nitrogens is 1. The van der Waals surface area contributed by atoms with Crippen LogP contribution in [-0.4, -0.2) is 36.5 Å². The molecule has 11 heteroatoms. The van der Waals surface area contributed by atoms with Gasteiger partial charge in [-0.3, -0.25) is 9.62 Å². The minimum Gasteiger partial charge on any atom is -0.508 e. The second-order valence-corrected chi connectivity index (χ2v) is 7.46. The fourth-order valence-corrected chi connectivity index (χ4v) is 3.17. The first-order valence-corrected chi connectivity index (χ1v) is 9.36. The van der Waals surface area contributed by atoms with Crippen LogP contribution in [0.4, 0.5) is 15.0 Å². The number of carbonyl (C=O) groups excluding carboxylic acids is 1. The van der Waals surface area contributed by atoms with E-state index in [0.29, 0.717) is 5.56 Å². The number of rotatable bonds is 5. The van der Waals surface area contributed by atoms with Crippen LogP contribution in [0.1, 0.15) is 24.1 Å². The van der Waals surface area contributed by atoms with E-state index < -0.39 is 34.0 Å². The molecule has 1 unspecified atom stereocenters. The third-order valence-corrected chi connectivity index (χ3v) is 5.16. The van der Waals surface area contributed by atoms with E-state index >= 15 is 0 Å². The summed E-state index contributed by atoms with van der Waals surface area (Å²) >= 11 is 0. The van der Waals surface area contributed by atoms with Crippen LogP contribution in [0.25, 0.3) is 0 Å². The summed E-state index contributed by atoms with van der Waals surface area (Å²) in [6.07, 6.45) is 0.520. The zero-order valence-electron chi connectivity index (χ0n) is 14.4. The number of fused-ring (bicyclic) bond motifs is 1. The number of benzene rings is 1. The average molecular weight is 396 g/mol. The van der Waals surface area contributed by atoms with Gasteiger partial charge < -0.3 is 9.84 Å². The number of anilines is 1. The molecular weight excluding hydrogens is 379 g/mol. The molecule has 1 aromatic heterocycles. The van der Waals surface area contributed by atoms with E-state index in [1.165, 1.54) is 36.3 Å². The monoisotopic (exact) mass is 396 g/mol. The number of pyridine rings is 1. The van der Waals surface area contributed by atoms with Crippen molar-refractivity contribution in [3.8, 4) is 11.5 Å². The van der Waals surface area contributed by atoms with E-state index in [1.54, 1.807) is 13.0 Å². The second kappa shape index (κ2) is 7.00. The van der Waals surface area contributed by atoms with Gasteiger partial charge in [0, 0.05) is 30.4 Å². The molecule has 0 saturated heterocycles.